The Bertz CT molecular complexity index is 615. The molecule has 3 rings (SSSR count). The molecular formula is C15H18N4S. The third-order valence-electron chi connectivity index (χ3n) is 4.26. The van der Waals surface area contributed by atoms with E-state index in [-0.39, 0.29) is 5.41 Å². The zero-order chi connectivity index (χ0) is 14.0. The number of nitriles is 1. The molecule has 0 aromatic carbocycles. The van der Waals surface area contributed by atoms with Gasteiger partial charge in [-0.15, -0.1) is 11.3 Å². The molecule has 2 heterocycles. The van der Waals surface area contributed by atoms with Crippen LogP contribution < -0.4 is 5.32 Å². The van der Waals surface area contributed by atoms with E-state index in [9.17, 15) is 0 Å². The van der Waals surface area contributed by atoms with Crippen molar-refractivity contribution in [1.29, 1.82) is 5.26 Å². The molecule has 0 bridgehead atoms. The quantitative estimate of drug-likeness (QED) is 0.938. The van der Waals surface area contributed by atoms with Crippen LogP contribution in [0.25, 0.3) is 0 Å². The van der Waals surface area contributed by atoms with Gasteiger partial charge in [0.05, 0.1) is 6.20 Å². The monoisotopic (exact) mass is 286 g/mol. The Hall–Kier alpha value is -1.80. The smallest absolute Gasteiger partial charge is 0.142 e. The van der Waals surface area contributed by atoms with Crippen LogP contribution in [-0.4, -0.2) is 16.3 Å². The average Bonchev–Trinajstić information content (AvgIpc) is 3.18. The van der Waals surface area contributed by atoms with Gasteiger partial charge in [-0.25, -0.2) is 0 Å². The summed E-state index contributed by atoms with van der Waals surface area (Å²) in [5.74, 6) is 0.829. The summed E-state index contributed by atoms with van der Waals surface area (Å²) in [6, 6.07) is 6.57. The maximum atomic E-state index is 9.13. The summed E-state index contributed by atoms with van der Waals surface area (Å²) >= 11 is 1.84. The van der Waals surface area contributed by atoms with Crippen molar-refractivity contribution in [2.45, 2.75) is 31.1 Å². The highest BCUT2D eigenvalue weighted by atomic mass is 32.1. The predicted molar refractivity (Wildman–Crippen MR) is 80.9 cm³/mol. The highest BCUT2D eigenvalue weighted by molar-refractivity contribution is 7.10. The number of rotatable bonds is 4. The van der Waals surface area contributed by atoms with E-state index in [2.05, 4.69) is 34.0 Å². The minimum Gasteiger partial charge on any atom is -0.368 e. The SMILES string of the molecule is Cn1ncc(C#N)c1NCC1(c2cccs2)CCCC1. The molecule has 0 aliphatic heterocycles. The highest BCUT2D eigenvalue weighted by Crippen LogP contribution is 2.43. The van der Waals surface area contributed by atoms with E-state index in [0.717, 1.165) is 12.4 Å². The van der Waals surface area contributed by atoms with Gasteiger partial charge in [-0.05, 0) is 24.3 Å². The summed E-state index contributed by atoms with van der Waals surface area (Å²) in [5.41, 5.74) is 0.845. The zero-order valence-electron chi connectivity index (χ0n) is 11.6. The zero-order valence-corrected chi connectivity index (χ0v) is 12.4. The Morgan fingerprint density at radius 1 is 1.50 bits per heavy atom. The predicted octanol–water partition coefficient (Wildman–Crippen LogP) is 3.28. The van der Waals surface area contributed by atoms with Crippen molar-refractivity contribution in [2.24, 2.45) is 7.05 Å². The first-order valence-electron chi connectivity index (χ1n) is 6.95. The molecular weight excluding hydrogens is 268 g/mol. The largest absolute Gasteiger partial charge is 0.368 e. The molecule has 0 amide bonds. The second kappa shape index (κ2) is 5.29. The minimum atomic E-state index is 0.227. The Labute approximate surface area is 123 Å². The fourth-order valence-corrected chi connectivity index (χ4v) is 4.11. The number of aryl methyl sites for hydroxylation is 1. The van der Waals surface area contributed by atoms with Crippen molar-refractivity contribution in [2.75, 3.05) is 11.9 Å². The summed E-state index contributed by atoms with van der Waals surface area (Å²) in [6.07, 6.45) is 6.64. The first kappa shape index (κ1) is 13.2. The molecule has 104 valence electrons. The summed E-state index contributed by atoms with van der Waals surface area (Å²) < 4.78 is 1.75. The molecule has 0 radical (unpaired) electrons. The maximum Gasteiger partial charge on any atom is 0.142 e. The molecule has 1 fully saturated rings. The van der Waals surface area contributed by atoms with Crippen LogP contribution in [0.5, 0.6) is 0 Å². The lowest BCUT2D eigenvalue weighted by molar-refractivity contribution is 0.475. The molecule has 0 spiro atoms. The van der Waals surface area contributed by atoms with Crippen molar-refractivity contribution in [3.05, 3.63) is 34.2 Å². The van der Waals surface area contributed by atoms with Gasteiger partial charge in [0.1, 0.15) is 17.5 Å². The van der Waals surface area contributed by atoms with E-state index in [1.807, 2.05) is 18.4 Å². The molecule has 20 heavy (non-hydrogen) atoms. The van der Waals surface area contributed by atoms with Crippen LogP contribution in [0.4, 0.5) is 5.82 Å². The van der Waals surface area contributed by atoms with E-state index in [1.54, 1.807) is 10.9 Å². The van der Waals surface area contributed by atoms with Crippen LogP contribution in [0.15, 0.2) is 23.7 Å². The van der Waals surface area contributed by atoms with E-state index in [4.69, 9.17) is 5.26 Å². The van der Waals surface area contributed by atoms with Crippen LogP contribution in [0, 0.1) is 11.3 Å². The van der Waals surface area contributed by atoms with E-state index < -0.39 is 0 Å². The molecule has 0 unspecified atom stereocenters. The first-order valence-corrected chi connectivity index (χ1v) is 7.83. The van der Waals surface area contributed by atoms with Crippen LogP contribution in [-0.2, 0) is 12.5 Å². The summed E-state index contributed by atoms with van der Waals surface area (Å²) in [7, 11) is 1.87. The van der Waals surface area contributed by atoms with Gasteiger partial charge in [0, 0.05) is 23.9 Å². The molecule has 0 atom stereocenters. The maximum absolute atomic E-state index is 9.13. The van der Waals surface area contributed by atoms with Gasteiger partial charge in [-0.1, -0.05) is 18.9 Å². The van der Waals surface area contributed by atoms with E-state index >= 15 is 0 Å². The van der Waals surface area contributed by atoms with E-state index in [0.29, 0.717) is 5.56 Å². The van der Waals surface area contributed by atoms with Crippen LogP contribution in [0.1, 0.15) is 36.1 Å². The number of hydrogen-bond acceptors (Lipinski definition) is 4. The fourth-order valence-electron chi connectivity index (χ4n) is 3.12. The lowest BCUT2D eigenvalue weighted by atomic mass is 9.84. The molecule has 4 nitrogen and oxygen atoms in total. The lowest BCUT2D eigenvalue weighted by Crippen LogP contribution is -2.31. The van der Waals surface area contributed by atoms with Gasteiger partial charge in [-0.2, -0.15) is 10.4 Å². The molecule has 1 aliphatic carbocycles. The molecule has 1 N–H and O–H groups in total. The van der Waals surface area contributed by atoms with Gasteiger partial charge in [-0.3, -0.25) is 4.68 Å². The van der Waals surface area contributed by atoms with Crippen LogP contribution >= 0.6 is 11.3 Å². The average molecular weight is 286 g/mol. The van der Waals surface area contributed by atoms with Crippen LogP contribution in [0.2, 0.25) is 0 Å². The molecule has 1 saturated carbocycles. The topological polar surface area (TPSA) is 53.6 Å². The normalized spacial score (nSPS) is 17.0. The molecule has 1 aliphatic rings. The van der Waals surface area contributed by atoms with Crippen molar-refractivity contribution in [1.82, 2.24) is 9.78 Å². The van der Waals surface area contributed by atoms with Crippen LogP contribution in [0.3, 0.4) is 0 Å². The van der Waals surface area contributed by atoms with Gasteiger partial charge >= 0.3 is 0 Å². The Morgan fingerprint density at radius 2 is 2.30 bits per heavy atom. The number of thiophene rings is 1. The third-order valence-corrected chi connectivity index (χ3v) is 5.37. The second-order valence-electron chi connectivity index (χ2n) is 5.46. The summed E-state index contributed by atoms with van der Waals surface area (Å²) in [4.78, 5) is 1.46. The van der Waals surface area contributed by atoms with Crippen molar-refractivity contribution in [3.8, 4) is 6.07 Å². The van der Waals surface area contributed by atoms with Crippen molar-refractivity contribution < 1.29 is 0 Å². The molecule has 2 aromatic heterocycles. The Kier molecular flexibility index (Phi) is 3.49. The van der Waals surface area contributed by atoms with Gasteiger partial charge in [0.2, 0.25) is 0 Å². The minimum absolute atomic E-state index is 0.227. The second-order valence-corrected chi connectivity index (χ2v) is 6.41. The summed E-state index contributed by atoms with van der Waals surface area (Å²) in [5, 5.41) is 18.9. The first-order chi connectivity index (χ1) is 9.75. The van der Waals surface area contributed by atoms with Gasteiger partial charge < -0.3 is 5.32 Å². The fraction of sp³-hybridized carbons (Fsp3) is 0.467. The lowest BCUT2D eigenvalue weighted by Gasteiger charge is -2.28. The van der Waals surface area contributed by atoms with Crippen molar-refractivity contribution in [3.63, 3.8) is 0 Å². The number of nitrogens with one attached hydrogen (secondary N) is 1. The van der Waals surface area contributed by atoms with E-state index in [1.165, 1.54) is 30.6 Å². The highest BCUT2D eigenvalue weighted by Gasteiger charge is 2.36. The number of anilines is 1. The molecule has 5 heteroatoms. The standard InChI is InChI=1S/C15H18N4S/c1-19-14(12(9-16)10-18-19)17-11-15(6-2-3-7-15)13-5-4-8-20-13/h4-5,8,10,17H,2-3,6-7,11H2,1H3. The van der Waals surface area contributed by atoms with Crippen molar-refractivity contribution >= 4 is 17.2 Å². The van der Waals surface area contributed by atoms with Gasteiger partial charge in [0.25, 0.3) is 0 Å². The molecule has 0 saturated heterocycles. The summed E-state index contributed by atoms with van der Waals surface area (Å²) in [6.45, 7) is 0.877. The Balaban J connectivity index is 1.82. The van der Waals surface area contributed by atoms with Gasteiger partial charge in [0.15, 0.2) is 0 Å². The molecule has 2 aromatic rings. The third kappa shape index (κ3) is 2.20. The Morgan fingerprint density at radius 3 is 2.95 bits per heavy atom. The number of nitrogens with zero attached hydrogens (tertiary/aromatic N) is 3. The number of aromatic nitrogens is 2. The number of hydrogen-bond donors (Lipinski definition) is 1.